The van der Waals surface area contributed by atoms with Crippen molar-refractivity contribution in [2.75, 3.05) is 20.0 Å². The molecule has 31 heavy (non-hydrogen) atoms. The van der Waals surface area contributed by atoms with Gasteiger partial charge in [0.05, 0.1) is 30.1 Å². The van der Waals surface area contributed by atoms with E-state index < -0.39 is 23.1 Å². The molecule has 1 amide bonds. The molecule has 0 fully saturated rings. The number of nitrogens with one attached hydrogen (secondary N) is 2. The molecule has 0 saturated carbocycles. The van der Waals surface area contributed by atoms with Gasteiger partial charge in [-0.1, -0.05) is 0 Å². The summed E-state index contributed by atoms with van der Waals surface area (Å²) in [6.07, 6.45) is 5.70. The number of rotatable bonds is 14. The first kappa shape index (κ1) is 24.7. The normalized spacial score (nSPS) is 16.7. The minimum absolute atomic E-state index is 0.0493. The van der Waals surface area contributed by atoms with E-state index in [2.05, 4.69) is 5.32 Å². The first-order chi connectivity index (χ1) is 14.9. The third-order valence-corrected chi connectivity index (χ3v) is 4.92. The predicted molar refractivity (Wildman–Crippen MR) is 108 cm³/mol. The molecule has 0 radical (unpaired) electrons. The zero-order valence-electron chi connectivity index (χ0n) is 17.4. The van der Waals surface area contributed by atoms with E-state index in [-0.39, 0.29) is 44.3 Å². The molecule has 0 aromatic carbocycles. The molecule has 1 unspecified atom stereocenters. The number of carbonyl (C=O) groups excluding carboxylic acids is 1. The number of hydrogen-bond acceptors (Lipinski definition) is 9. The highest BCUT2D eigenvalue weighted by Crippen LogP contribution is 2.21. The van der Waals surface area contributed by atoms with Crippen LogP contribution in [-0.4, -0.2) is 53.4 Å². The molecule has 0 aliphatic heterocycles. The highest BCUT2D eigenvalue weighted by Gasteiger charge is 2.27. The van der Waals surface area contributed by atoms with Crippen LogP contribution < -0.4 is 10.8 Å². The minimum Gasteiger partial charge on any atom is -0.472 e. The fourth-order valence-corrected chi connectivity index (χ4v) is 3.25. The lowest BCUT2D eigenvalue weighted by Gasteiger charge is -2.27. The molecule has 1 aromatic heterocycles. The van der Waals surface area contributed by atoms with Crippen LogP contribution in [0.4, 0.5) is 0 Å². The van der Waals surface area contributed by atoms with Crippen molar-refractivity contribution >= 4 is 5.91 Å². The maximum atomic E-state index is 12.7. The molecule has 172 valence electrons. The van der Waals surface area contributed by atoms with Gasteiger partial charge in [-0.2, -0.15) is 5.48 Å². The lowest BCUT2D eigenvalue weighted by Crippen LogP contribution is -2.44. The number of hydrogen-bond donors (Lipinski definition) is 4. The summed E-state index contributed by atoms with van der Waals surface area (Å²) in [6.45, 7) is 2.48. The minimum atomic E-state index is -1.24. The van der Waals surface area contributed by atoms with Crippen molar-refractivity contribution in [1.29, 1.82) is 0 Å². The smallest absolute Gasteiger partial charge is 0.247 e. The number of furan rings is 1. The van der Waals surface area contributed by atoms with E-state index >= 15 is 0 Å². The van der Waals surface area contributed by atoms with Crippen molar-refractivity contribution < 1.29 is 33.9 Å². The number of carbonyl (C=O) groups is 1. The SMILES string of the molecule is CCOCOC[C@H](C[C@H](Cc1ccoc1)C(O)NO)NC(=O)C1=CC=C([N+](=O)[O-])CC1. The molecule has 11 nitrogen and oxygen atoms in total. The number of ether oxygens (including phenoxy) is 2. The molecule has 2 rings (SSSR count). The van der Waals surface area contributed by atoms with Crippen LogP contribution in [0.1, 0.15) is 31.7 Å². The molecule has 0 bridgehead atoms. The second-order valence-electron chi connectivity index (χ2n) is 7.16. The number of amides is 1. The Labute approximate surface area is 179 Å². The predicted octanol–water partition coefficient (Wildman–Crippen LogP) is 1.50. The van der Waals surface area contributed by atoms with Gasteiger partial charge >= 0.3 is 0 Å². The molecule has 1 aliphatic rings. The first-order valence-corrected chi connectivity index (χ1v) is 10.0. The Bertz CT molecular complexity index is 762. The Balaban J connectivity index is 2.07. The van der Waals surface area contributed by atoms with Crippen LogP contribution in [0.3, 0.4) is 0 Å². The summed E-state index contributed by atoms with van der Waals surface area (Å²) < 4.78 is 15.7. The summed E-state index contributed by atoms with van der Waals surface area (Å²) in [5.41, 5.74) is 3.17. The van der Waals surface area contributed by atoms with Gasteiger partial charge in [-0.05, 0) is 43.9 Å². The molecular formula is C20H29N3O8. The fourth-order valence-electron chi connectivity index (χ4n) is 3.25. The Kier molecular flexibility index (Phi) is 10.3. The van der Waals surface area contributed by atoms with Gasteiger partial charge in [-0.15, -0.1) is 0 Å². The Morgan fingerprint density at radius 3 is 2.74 bits per heavy atom. The van der Waals surface area contributed by atoms with Crippen molar-refractivity contribution in [3.8, 4) is 0 Å². The summed E-state index contributed by atoms with van der Waals surface area (Å²) >= 11 is 0. The van der Waals surface area contributed by atoms with Gasteiger partial charge < -0.3 is 29.5 Å². The monoisotopic (exact) mass is 439 g/mol. The van der Waals surface area contributed by atoms with Gasteiger partial charge in [0.1, 0.15) is 13.0 Å². The Morgan fingerprint density at radius 2 is 2.16 bits per heavy atom. The summed E-state index contributed by atoms with van der Waals surface area (Å²) in [7, 11) is 0. The molecule has 11 heteroatoms. The van der Waals surface area contributed by atoms with E-state index in [9.17, 15) is 25.2 Å². The van der Waals surface area contributed by atoms with Crippen LogP contribution in [0.25, 0.3) is 0 Å². The van der Waals surface area contributed by atoms with Crippen molar-refractivity contribution in [2.45, 2.75) is 44.9 Å². The van der Waals surface area contributed by atoms with Crippen molar-refractivity contribution in [2.24, 2.45) is 5.92 Å². The molecule has 0 saturated heterocycles. The van der Waals surface area contributed by atoms with E-state index in [0.717, 1.165) is 5.56 Å². The summed E-state index contributed by atoms with van der Waals surface area (Å²) in [5, 5.41) is 33.1. The van der Waals surface area contributed by atoms with E-state index in [4.69, 9.17) is 13.9 Å². The first-order valence-electron chi connectivity index (χ1n) is 10.0. The number of aliphatic hydroxyl groups is 1. The highest BCUT2D eigenvalue weighted by molar-refractivity contribution is 5.94. The van der Waals surface area contributed by atoms with Gasteiger partial charge in [0.2, 0.25) is 11.6 Å². The molecule has 0 spiro atoms. The third-order valence-electron chi connectivity index (χ3n) is 4.92. The lowest BCUT2D eigenvalue weighted by atomic mass is 9.92. The van der Waals surface area contributed by atoms with Crippen LogP contribution >= 0.6 is 0 Å². The van der Waals surface area contributed by atoms with Crippen molar-refractivity contribution in [3.63, 3.8) is 0 Å². The van der Waals surface area contributed by atoms with Crippen molar-refractivity contribution in [1.82, 2.24) is 10.8 Å². The lowest BCUT2D eigenvalue weighted by molar-refractivity contribution is -0.428. The van der Waals surface area contributed by atoms with E-state index in [1.807, 2.05) is 12.4 Å². The summed E-state index contributed by atoms with van der Waals surface area (Å²) in [4.78, 5) is 23.1. The van der Waals surface area contributed by atoms with Crippen LogP contribution in [-0.2, 0) is 20.7 Å². The number of allylic oxidation sites excluding steroid dienone is 3. The maximum Gasteiger partial charge on any atom is 0.247 e. The molecule has 1 aliphatic carbocycles. The number of nitrogens with zero attached hydrogens (tertiary/aromatic N) is 1. The van der Waals surface area contributed by atoms with Gasteiger partial charge in [0.25, 0.3) is 0 Å². The average Bonchev–Trinajstić information content (AvgIpc) is 3.28. The molecule has 3 atom stereocenters. The standard InChI is InChI=1S/C20H29N3O8/c1-2-29-13-31-12-17(10-16(20(25)22-26)9-14-7-8-30-11-14)21-19(24)15-3-5-18(6-4-15)23(27)28/h3,5,7-8,11,16-17,20,22,25-26H,2,4,6,9-10,12-13H2,1H3,(H,21,24)/t16-,17-,20?/m0/s1. The van der Waals surface area contributed by atoms with E-state index in [1.54, 1.807) is 12.3 Å². The summed E-state index contributed by atoms with van der Waals surface area (Å²) in [6, 6.07) is 1.25. The van der Waals surface area contributed by atoms with Gasteiger partial charge in [-0.25, -0.2) is 0 Å². The molecule has 1 heterocycles. The van der Waals surface area contributed by atoms with Gasteiger partial charge in [-0.3, -0.25) is 14.9 Å². The summed E-state index contributed by atoms with van der Waals surface area (Å²) in [5.74, 6) is -0.831. The van der Waals surface area contributed by atoms with E-state index in [1.165, 1.54) is 18.4 Å². The number of aliphatic hydroxyl groups excluding tert-OH is 1. The average molecular weight is 439 g/mol. The zero-order chi connectivity index (χ0) is 22.6. The second kappa shape index (κ2) is 13.0. The van der Waals surface area contributed by atoms with Crippen LogP contribution in [0.5, 0.6) is 0 Å². The Hall–Kier alpha value is -2.57. The zero-order valence-corrected chi connectivity index (χ0v) is 17.4. The maximum absolute atomic E-state index is 12.7. The largest absolute Gasteiger partial charge is 0.472 e. The number of nitro groups is 1. The Morgan fingerprint density at radius 1 is 1.35 bits per heavy atom. The third kappa shape index (κ3) is 8.23. The molecular weight excluding hydrogens is 410 g/mol. The van der Waals surface area contributed by atoms with Gasteiger partial charge in [0.15, 0.2) is 0 Å². The highest BCUT2D eigenvalue weighted by atomic mass is 16.7. The number of hydroxylamine groups is 1. The van der Waals surface area contributed by atoms with E-state index in [0.29, 0.717) is 18.6 Å². The van der Waals surface area contributed by atoms with Crippen LogP contribution in [0.2, 0.25) is 0 Å². The van der Waals surface area contributed by atoms with Crippen LogP contribution in [0.15, 0.2) is 46.4 Å². The van der Waals surface area contributed by atoms with Crippen molar-refractivity contribution in [3.05, 3.63) is 57.7 Å². The second-order valence-corrected chi connectivity index (χ2v) is 7.16. The topological polar surface area (TPSA) is 156 Å². The molecule has 4 N–H and O–H groups in total. The van der Waals surface area contributed by atoms with Crippen LogP contribution in [0, 0.1) is 16.0 Å². The fraction of sp³-hybridized carbons (Fsp3) is 0.550. The molecule has 1 aromatic rings. The quantitative estimate of drug-likeness (QED) is 0.146. The van der Waals surface area contributed by atoms with Gasteiger partial charge in [0, 0.05) is 30.6 Å².